The molecule has 4 heteroatoms. The maximum Gasteiger partial charge on any atom is 0.159 e. The first kappa shape index (κ1) is 13.6. The Morgan fingerprint density at radius 3 is 2.53 bits per heavy atom. The van der Waals surface area contributed by atoms with Crippen LogP contribution in [0.3, 0.4) is 0 Å². The summed E-state index contributed by atoms with van der Waals surface area (Å²) in [4.78, 5) is 0. The van der Waals surface area contributed by atoms with Crippen molar-refractivity contribution in [2.45, 2.75) is 26.3 Å². The van der Waals surface area contributed by atoms with Crippen LogP contribution in [0.2, 0.25) is 0 Å². The summed E-state index contributed by atoms with van der Waals surface area (Å²) in [5.41, 5.74) is 0.454. The maximum atomic E-state index is 13.0. The molecule has 92 valence electrons. The minimum atomic E-state index is -0.923. The van der Waals surface area contributed by atoms with Crippen LogP contribution in [-0.4, -0.2) is 6.54 Å². The molecule has 1 aromatic rings. The highest BCUT2D eigenvalue weighted by Gasteiger charge is 2.12. The Morgan fingerprint density at radius 2 is 2.00 bits per heavy atom. The summed E-state index contributed by atoms with van der Waals surface area (Å²) in [5.74, 6) is -1.28. The van der Waals surface area contributed by atoms with Gasteiger partial charge in [-0.2, -0.15) is 5.26 Å². The Bertz CT molecular complexity index is 410. The Labute approximate surface area is 100 Å². The highest BCUT2D eigenvalue weighted by atomic mass is 19.2. The van der Waals surface area contributed by atoms with Gasteiger partial charge in [0.2, 0.25) is 0 Å². The molecule has 0 radical (unpaired) electrons. The molecule has 0 heterocycles. The van der Waals surface area contributed by atoms with Gasteiger partial charge in [0.1, 0.15) is 6.04 Å². The van der Waals surface area contributed by atoms with E-state index < -0.39 is 17.7 Å². The summed E-state index contributed by atoms with van der Waals surface area (Å²) in [6, 6.07) is 4.97. The SMILES string of the molecule is CC(C)CCNC(C#N)c1ccc(F)c(F)c1. The number of nitrogens with one attached hydrogen (secondary N) is 1. The van der Waals surface area contributed by atoms with Crippen molar-refractivity contribution in [2.24, 2.45) is 5.92 Å². The topological polar surface area (TPSA) is 35.8 Å². The second kappa shape index (κ2) is 6.31. The summed E-state index contributed by atoms with van der Waals surface area (Å²) < 4.78 is 25.8. The fourth-order valence-electron chi connectivity index (χ4n) is 1.45. The molecule has 0 saturated carbocycles. The number of benzene rings is 1. The minimum Gasteiger partial charge on any atom is -0.298 e. The van der Waals surface area contributed by atoms with Crippen LogP contribution in [0.15, 0.2) is 18.2 Å². The summed E-state index contributed by atoms with van der Waals surface area (Å²) in [6.07, 6.45) is 0.932. The normalized spacial score (nSPS) is 12.5. The van der Waals surface area contributed by atoms with Gasteiger partial charge in [0, 0.05) is 0 Å². The van der Waals surface area contributed by atoms with E-state index in [2.05, 4.69) is 19.2 Å². The van der Waals surface area contributed by atoms with E-state index in [4.69, 9.17) is 5.26 Å². The monoisotopic (exact) mass is 238 g/mol. The zero-order valence-electron chi connectivity index (χ0n) is 10.0. The molecular weight excluding hydrogens is 222 g/mol. The van der Waals surface area contributed by atoms with Crippen molar-refractivity contribution in [1.29, 1.82) is 5.26 Å². The van der Waals surface area contributed by atoms with E-state index >= 15 is 0 Å². The van der Waals surface area contributed by atoms with E-state index in [1.165, 1.54) is 6.07 Å². The van der Waals surface area contributed by atoms with E-state index in [0.717, 1.165) is 18.6 Å². The molecule has 0 aliphatic rings. The number of nitriles is 1. The van der Waals surface area contributed by atoms with Gasteiger partial charge in [-0.25, -0.2) is 8.78 Å². The summed E-state index contributed by atoms with van der Waals surface area (Å²) >= 11 is 0. The van der Waals surface area contributed by atoms with Crippen LogP contribution >= 0.6 is 0 Å². The number of hydrogen-bond acceptors (Lipinski definition) is 2. The van der Waals surface area contributed by atoms with Crippen molar-refractivity contribution < 1.29 is 8.78 Å². The first-order valence-corrected chi connectivity index (χ1v) is 5.62. The maximum absolute atomic E-state index is 13.0. The third kappa shape index (κ3) is 4.12. The van der Waals surface area contributed by atoms with Crippen molar-refractivity contribution in [3.63, 3.8) is 0 Å². The molecule has 1 atom stereocenters. The molecule has 2 nitrogen and oxygen atoms in total. The van der Waals surface area contributed by atoms with Crippen LogP contribution in [0.1, 0.15) is 31.9 Å². The number of halogens is 2. The lowest BCUT2D eigenvalue weighted by atomic mass is 10.1. The van der Waals surface area contributed by atoms with Crippen molar-refractivity contribution in [3.05, 3.63) is 35.4 Å². The predicted octanol–water partition coefficient (Wildman–Crippen LogP) is 3.17. The molecule has 0 aliphatic carbocycles. The van der Waals surface area contributed by atoms with Crippen LogP contribution in [0, 0.1) is 28.9 Å². The van der Waals surface area contributed by atoms with Crippen LogP contribution in [0.25, 0.3) is 0 Å². The van der Waals surface area contributed by atoms with Crippen LogP contribution in [0.5, 0.6) is 0 Å². The molecule has 0 aliphatic heterocycles. The van der Waals surface area contributed by atoms with Gasteiger partial charge < -0.3 is 0 Å². The molecule has 0 bridgehead atoms. The summed E-state index contributed by atoms with van der Waals surface area (Å²) in [7, 11) is 0. The summed E-state index contributed by atoms with van der Waals surface area (Å²) in [5, 5.41) is 12.0. The zero-order valence-corrected chi connectivity index (χ0v) is 10.0. The lowest BCUT2D eigenvalue weighted by molar-refractivity contribution is 0.498. The number of rotatable bonds is 5. The van der Waals surface area contributed by atoms with Gasteiger partial charge in [0.15, 0.2) is 11.6 Å². The molecule has 1 rings (SSSR count). The number of hydrogen-bond donors (Lipinski definition) is 1. The van der Waals surface area contributed by atoms with Gasteiger partial charge in [-0.3, -0.25) is 5.32 Å². The van der Waals surface area contributed by atoms with E-state index in [-0.39, 0.29) is 0 Å². The quantitative estimate of drug-likeness (QED) is 0.855. The zero-order chi connectivity index (χ0) is 12.8. The first-order valence-electron chi connectivity index (χ1n) is 5.62. The molecular formula is C13H16F2N2. The van der Waals surface area contributed by atoms with E-state index in [1.807, 2.05) is 6.07 Å². The Hall–Kier alpha value is -1.47. The second-order valence-corrected chi connectivity index (χ2v) is 4.37. The van der Waals surface area contributed by atoms with E-state index in [1.54, 1.807) is 0 Å². The molecule has 0 saturated heterocycles. The van der Waals surface area contributed by atoms with E-state index in [9.17, 15) is 8.78 Å². The predicted molar refractivity (Wildman–Crippen MR) is 62.2 cm³/mol. The second-order valence-electron chi connectivity index (χ2n) is 4.37. The van der Waals surface area contributed by atoms with Crippen LogP contribution < -0.4 is 5.32 Å². The van der Waals surface area contributed by atoms with Gasteiger partial charge >= 0.3 is 0 Å². The third-order valence-corrected chi connectivity index (χ3v) is 2.48. The molecule has 0 aromatic heterocycles. The molecule has 0 fully saturated rings. The molecule has 17 heavy (non-hydrogen) atoms. The van der Waals surface area contributed by atoms with Crippen LogP contribution in [-0.2, 0) is 0 Å². The minimum absolute atomic E-state index is 0.454. The van der Waals surface area contributed by atoms with Crippen LogP contribution in [0.4, 0.5) is 8.78 Å². The Kier molecular flexibility index (Phi) is 5.05. The Balaban J connectivity index is 2.67. The highest BCUT2D eigenvalue weighted by molar-refractivity contribution is 5.25. The molecule has 1 aromatic carbocycles. The van der Waals surface area contributed by atoms with Gasteiger partial charge in [-0.15, -0.1) is 0 Å². The molecule has 1 N–H and O–H groups in total. The van der Waals surface area contributed by atoms with Crippen molar-refractivity contribution in [3.8, 4) is 6.07 Å². The van der Waals surface area contributed by atoms with Gasteiger partial charge in [-0.05, 0) is 36.6 Å². The molecule has 0 spiro atoms. The average Bonchev–Trinajstić information content (AvgIpc) is 2.28. The summed E-state index contributed by atoms with van der Waals surface area (Å²) in [6.45, 7) is 4.84. The number of nitrogens with zero attached hydrogens (tertiary/aromatic N) is 1. The van der Waals surface area contributed by atoms with Crippen molar-refractivity contribution in [2.75, 3.05) is 6.54 Å². The Morgan fingerprint density at radius 1 is 1.29 bits per heavy atom. The van der Waals surface area contributed by atoms with Gasteiger partial charge in [-0.1, -0.05) is 19.9 Å². The van der Waals surface area contributed by atoms with E-state index in [0.29, 0.717) is 18.0 Å². The molecule has 0 amide bonds. The standard InChI is InChI=1S/C13H16F2N2/c1-9(2)5-6-17-13(8-16)10-3-4-11(14)12(15)7-10/h3-4,7,9,13,17H,5-6H2,1-2H3. The highest BCUT2D eigenvalue weighted by Crippen LogP contribution is 2.16. The van der Waals surface area contributed by atoms with Gasteiger partial charge in [0.25, 0.3) is 0 Å². The van der Waals surface area contributed by atoms with Crippen molar-refractivity contribution in [1.82, 2.24) is 5.32 Å². The third-order valence-electron chi connectivity index (χ3n) is 2.48. The lowest BCUT2D eigenvalue weighted by Gasteiger charge is -2.13. The fraction of sp³-hybridized carbons (Fsp3) is 0.462. The largest absolute Gasteiger partial charge is 0.298 e. The average molecular weight is 238 g/mol. The molecule has 1 unspecified atom stereocenters. The lowest BCUT2D eigenvalue weighted by Crippen LogP contribution is -2.22. The van der Waals surface area contributed by atoms with Crippen molar-refractivity contribution >= 4 is 0 Å². The fourth-order valence-corrected chi connectivity index (χ4v) is 1.45. The van der Waals surface area contributed by atoms with Gasteiger partial charge in [0.05, 0.1) is 6.07 Å². The first-order chi connectivity index (χ1) is 8.04. The smallest absolute Gasteiger partial charge is 0.159 e.